The van der Waals surface area contributed by atoms with E-state index in [1.165, 1.54) is 17.0 Å². The van der Waals surface area contributed by atoms with E-state index in [4.69, 9.17) is 57.3 Å². The molecule has 376 valence electrons. The molecule has 1 aromatic heterocycles. The van der Waals surface area contributed by atoms with Gasteiger partial charge in [0.05, 0.1) is 16.9 Å². The number of pyridine rings is 1. The number of amides is 6. The maximum Gasteiger partial charge on any atom is 0.270 e. The minimum absolute atomic E-state index is 0.0807. The third-order valence-electron chi connectivity index (χ3n) is 9.59. The molecule has 0 aliphatic carbocycles. The fourth-order valence-corrected chi connectivity index (χ4v) is 6.33. The molecule has 71 heavy (non-hydrogen) atoms. The van der Waals surface area contributed by atoms with Crippen LogP contribution in [-0.2, 0) is 28.8 Å². The highest BCUT2D eigenvalue weighted by molar-refractivity contribution is 6.01. The first-order valence-electron chi connectivity index (χ1n) is 20.8. The van der Waals surface area contributed by atoms with Gasteiger partial charge in [0.25, 0.3) is 29.5 Å². The van der Waals surface area contributed by atoms with Crippen LogP contribution in [0.5, 0.6) is 0 Å². The molecule has 0 bridgehead atoms. The summed E-state index contributed by atoms with van der Waals surface area (Å²) in [5, 5.41) is 23.4. The van der Waals surface area contributed by atoms with Crippen LogP contribution >= 0.6 is 0 Å². The number of guanidine groups is 4. The van der Waals surface area contributed by atoms with Crippen LogP contribution in [0.4, 0.5) is 17.1 Å². The lowest BCUT2D eigenvalue weighted by Gasteiger charge is -2.31. The molecule has 6 atom stereocenters. The van der Waals surface area contributed by atoms with Gasteiger partial charge < -0.3 is 98.8 Å². The minimum Gasteiger partial charge on any atom is -0.396 e. The van der Waals surface area contributed by atoms with E-state index >= 15 is 0 Å². The lowest BCUT2D eigenvalue weighted by molar-refractivity contribution is -0.136. The Kier molecular flexibility index (Phi) is 18.7. The van der Waals surface area contributed by atoms with Crippen LogP contribution in [0.1, 0.15) is 17.2 Å². The third-order valence-corrected chi connectivity index (χ3v) is 9.59. The van der Waals surface area contributed by atoms with Crippen LogP contribution in [0.25, 0.3) is 17.0 Å². The van der Waals surface area contributed by atoms with E-state index in [9.17, 15) is 33.9 Å². The Balaban J connectivity index is 1.64. The molecule has 29 nitrogen and oxygen atoms in total. The van der Waals surface area contributed by atoms with Gasteiger partial charge in [-0.15, -0.1) is 0 Å². The number of carbonyl (C=O) groups excluding carboxylic acids is 6. The predicted octanol–water partition coefficient (Wildman–Crippen LogP) is -6.07. The number of primary amides is 1. The largest absolute Gasteiger partial charge is 0.396 e. The maximum absolute atomic E-state index is 14.3. The standard InChI is InChI=1S/C42H56N22O7/c1-63(2)22-14-12-20(13-15-22)8-7-19-64(25-17-16-24-23(26(25)43)11-6-18-53-24)38(71)37(70)54-27(21-9-4-3-5-10-21)33(66)56-30(60-40(47)48)35(68)58-32(62-42(51)52)36(69)57-31(61-41(49)50)34(67)55-29(28(44)65)59-39(45)46/h3-18,27,29-32,38,71H,19,43H2,1-2H3,(H2,44,65)(H,54,70)(H,55,67)(H,56,66)(H,57,69)(H,58,68)(H4,45,46,59)(H4,47,48,60)(H4,49,50,61)(H4,51,52,62)/b8-7-. The maximum atomic E-state index is 14.3. The monoisotopic (exact) mass is 980 g/mol. The number of nitrogens with one attached hydrogen (secondary N) is 5. The van der Waals surface area contributed by atoms with Crippen molar-refractivity contribution < 1.29 is 33.9 Å². The normalized spacial score (nSPS) is 13.3. The van der Waals surface area contributed by atoms with Crippen LogP contribution in [0.15, 0.2) is 111 Å². The number of aliphatic hydroxyl groups is 1. The van der Waals surface area contributed by atoms with Gasteiger partial charge in [0.15, 0.2) is 23.8 Å². The number of hydrogen-bond acceptors (Lipinski definition) is 15. The zero-order chi connectivity index (χ0) is 52.5. The smallest absolute Gasteiger partial charge is 0.270 e. The number of fused-ring (bicyclic) bond motifs is 1. The summed E-state index contributed by atoms with van der Waals surface area (Å²) < 4.78 is 0. The van der Waals surface area contributed by atoms with Gasteiger partial charge in [-0.3, -0.25) is 33.8 Å². The van der Waals surface area contributed by atoms with Gasteiger partial charge in [-0.1, -0.05) is 54.6 Å². The summed E-state index contributed by atoms with van der Waals surface area (Å²) in [6.07, 6.45) is -5.12. The molecular formula is C42H56N22O7. The number of hydrogen-bond donors (Lipinski definition) is 16. The number of carbonyl (C=O) groups is 6. The molecule has 0 saturated heterocycles. The highest BCUT2D eigenvalue weighted by Crippen LogP contribution is 2.32. The summed E-state index contributed by atoms with van der Waals surface area (Å²) in [7, 11) is 3.82. The van der Waals surface area contributed by atoms with Gasteiger partial charge in [-0.25, -0.2) is 20.0 Å². The molecule has 0 aliphatic rings. The molecule has 1 heterocycles. The first kappa shape index (κ1) is 53.7. The van der Waals surface area contributed by atoms with E-state index in [-0.39, 0.29) is 23.5 Å². The molecule has 4 aromatic rings. The van der Waals surface area contributed by atoms with Crippen LogP contribution < -0.4 is 93.7 Å². The molecule has 0 spiro atoms. The number of aliphatic hydroxyl groups excluding tert-OH is 1. The van der Waals surface area contributed by atoms with Crippen molar-refractivity contribution in [2.24, 2.45) is 71.6 Å². The summed E-state index contributed by atoms with van der Waals surface area (Å²) in [4.78, 5) is 103. The fraction of sp³-hybridized carbons (Fsp3) is 0.214. The Morgan fingerprint density at radius 3 is 1.59 bits per heavy atom. The second-order valence-corrected chi connectivity index (χ2v) is 15.1. The van der Waals surface area contributed by atoms with Crippen LogP contribution in [-0.4, -0.2) is 121 Å². The molecule has 4 rings (SSSR count). The number of aliphatic imine (C=N–C) groups is 4. The molecule has 3 aromatic carbocycles. The average Bonchev–Trinajstić information content (AvgIpc) is 3.31. The van der Waals surface area contributed by atoms with Crippen molar-refractivity contribution in [3.8, 4) is 0 Å². The second-order valence-electron chi connectivity index (χ2n) is 15.1. The number of nitrogen functional groups attached to an aromatic ring is 1. The average molecular weight is 981 g/mol. The third kappa shape index (κ3) is 15.6. The Bertz CT molecular complexity index is 2710. The van der Waals surface area contributed by atoms with E-state index in [1.807, 2.05) is 53.9 Å². The number of rotatable bonds is 22. The van der Waals surface area contributed by atoms with Crippen LogP contribution in [0, 0.1) is 0 Å². The van der Waals surface area contributed by atoms with Gasteiger partial charge in [-0.05, 0) is 47.5 Å². The SMILES string of the molecule is CN(C)c1ccc(/C=C\CN(c2ccc3ncccc3c2N)C(O)C(=O)NC(C(=O)NC(N=C(N)N)C(=O)NC(N=C(N)N)C(=O)NC(N=C(N)N)C(=O)NC(N=C(N)N)C(N)=O)c2ccccc2)cc1. The molecule has 26 N–H and O–H groups in total. The van der Waals surface area contributed by atoms with Gasteiger partial charge in [-0.2, -0.15) is 0 Å². The summed E-state index contributed by atoms with van der Waals surface area (Å²) in [5.41, 5.74) is 58.6. The Morgan fingerprint density at radius 1 is 0.606 bits per heavy atom. The Morgan fingerprint density at radius 2 is 1.10 bits per heavy atom. The molecule has 0 saturated carbocycles. The highest BCUT2D eigenvalue weighted by Gasteiger charge is 2.35. The molecular weight excluding hydrogens is 925 g/mol. The number of benzene rings is 3. The lowest BCUT2D eigenvalue weighted by Crippen LogP contribution is -2.58. The summed E-state index contributed by atoms with van der Waals surface area (Å²) in [5.74, 6) is -10.4. The number of nitrogens with two attached hydrogens (primary N) is 10. The van der Waals surface area contributed by atoms with E-state index in [2.05, 4.69) is 40.9 Å². The van der Waals surface area contributed by atoms with Gasteiger partial charge in [0.1, 0.15) is 6.04 Å². The van der Waals surface area contributed by atoms with E-state index < -0.39 is 96.2 Å². The molecule has 0 fully saturated rings. The molecule has 0 radical (unpaired) electrons. The quantitative estimate of drug-likeness (QED) is 0.0151. The van der Waals surface area contributed by atoms with Crippen molar-refractivity contribution >= 4 is 93.3 Å². The number of aromatic nitrogens is 1. The first-order chi connectivity index (χ1) is 33.6. The fourth-order valence-electron chi connectivity index (χ4n) is 6.33. The van der Waals surface area contributed by atoms with E-state index in [0.29, 0.717) is 10.9 Å². The zero-order valence-corrected chi connectivity index (χ0v) is 38.2. The molecule has 6 unspecified atom stereocenters. The second kappa shape index (κ2) is 24.7. The van der Waals surface area contributed by atoms with Crippen molar-refractivity contribution in [1.29, 1.82) is 0 Å². The van der Waals surface area contributed by atoms with Gasteiger partial charge in [0, 0.05) is 37.9 Å². The Hall–Kier alpha value is -9.93. The topological polar surface area (TPSA) is 512 Å². The van der Waals surface area contributed by atoms with Crippen LogP contribution in [0.3, 0.4) is 0 Å². The first-order valence-corrected chi connectivity index (χ1v) is 20.8. The van der Waals surface area contributed by atoms with Crippen molar-refractivity contribution in [2.75, 3.05) is 36.2 Å². The minimum atomic E-state index is -2.15. The molecule has 6 amide bonds. The zero-order valence-electron chi connectivity index (χ0n) is 38.2. The summed E-state index contributed by atoms with van der Waals surface area (Å²) in [6, 6.07) is 20.2. The predicted molar refractivity (Wildman–Crippen MR) is 267 cm³/mol. The number of anilines is 3. The van der Waals surface area contributed by atoms with Crippen molar-refractivity contribution in [1.82, 2.24) is 31.6 Å². The Labute approximate surface area is 404 Å². The van der Waals surface area contributed by atoms with Crippen LogP contribution in [0.2, 0.25) is 0 Å². The van der Waals surface area contributed by atoms with Crippen molar-refractivity contribution in [2.45, 2.75) is 36.9 Å². The van der Waals surface area contributed by atoms with Crippen molar-refractivity contribution in [3.05, 3.63) is 102 Å². The van der Waals surface area contributed by atoms with E-state index in [1.54, 1.807) is 60.8 Å². The van der Waals surface area contributed by atoms with Gasteiger partial charge >= 0.3 is 0 Å². The van der Waals surface area contributed by atoms with E-state index in [0.717, 1.165) is 11.3 Å². The number of nitrogens with zero attached hydrogens (tertiary/aromatic N) is 7. The molecule has 29 heteroatoms. The highest BCUT2D eigenvalue weighted by atomic mass is 16.3. The summed E-state index contributed by atoms with van der Waals surface area (Å²) >= 11 is 0. The summed E-state index contributed by atoms with van der Waals surface area (Å²) in [6.45, 7) is -0.0807. The van der Waals surface area contributed by atoms with Crippen molar-refractivity contribution in [3.63, 3.8) is 0 Å². The lowest BCUT2D eigenvalue weighted by atomic mass is 10.1. The van der Waals surface area contributed by atoms with Gasteiger partial charge in [0.2, 0.25) is 36.8 Å². The molecule has 0 aliphatic heterocycles.